The molecule has 0 aliphatic heterocycles. The lowest BCUT2D eigenvalue weighted by atomic mass is 9.87. The van der Waals surface area contributed by atoms with Gasteiger partial charge in [-0.05, 0) is 61.8 Å². The van der Waals surface area contributed by atoms with Gasteiger partial charge in [0.15, 0.2) is 0 Å². The summed E-state index contributed by atoms with van der Waals surface area (Å²) in [6, 6.07) is 6.12. The molecule has 0 saturated heterocycles. The number of anilines is 1. The molecule has 2 atom stereocenters. The summed E-state index contributed by atoms with van der Waals surface area (Å²) in [5, 5.41) is 3.21. The second-order valence-electron chi connectivity index (χ2n) is 6.85. The number of nitrogen functional groups attached to an aromatic ring is 1. The number of amides is 1. The second-order valence-corrected chi connectivity index (χ2v) is 6.85. The number of carbonyl (C=O) groups is 1. The SMILES string of the molecule is CCC(OC1CCCC1)C(=O)NC1CCCc2cc(N)ccc21.Cl. The van der Waals surface area contributed by atoms with Crippen molar-refractivity contribution in [3.63, 3.8) is 0 Å². The summed E-state index contributed by atoms with van der Waals surface area (Å²) in [6.07, 6.45) is 8.42. The van der Waals surface area contributed by atoms with Crippen molar-refractivity contribution >= 4 is 24.0 Å². The number of hydrogen-bond acceptors (Lipinski definition) is 3. The molecule has 2 unspecified atom stereocenters. The average molecular weight is 353 g/mol. The van der Waals surface area contributed by atoms with E-state index in [0.29, 0.717) is 0 Å². The lowest BCUT2D eigenvalue weighted by Crippen LogP contribution is -2.40. The average Bonchev–Trinajstić information content (AvgIpc) is 3.05. The molecule has 5 heteroatoms. The fourth-order valence-electron chi connectivity index (χ4n) is 3.85. The second kappa shape index (κ2) is 8.72. The lowest BCUT2D eigenvalue weighted by molar-refractivity contribution is -0.137. The molecule has 0 heterocycles. The Kier molecular flexibility index (Phi) is 6.93. The first-order valence-electron chi connectivity index (χ1n) is 9.01. The minimum Gasteiger partial charge on any atom is -0.399 e. The molecule has 2 aliphatic carbocycles. The third kappa shape index (κ3) is 4.42. The van der Waals surface area contributed by atoms with Crippen LogP contribution in [0.25, 0.3) is 0 Å². The van der Waals surface area contributed by atoms with E-state index in [2.05, 4.69) is 11.4 Å². The fourth-order valence-corrected chi connectivity index (χ4v) is 3.85. The van der Waals surface area contributed by atoms with Crippen LogP contribution in [0.5, 0.6) is 0 Å². The number of rotatable bonds is 5. The van der Waals surface area contributed by atoms with Crippen LogP contribution in [0.2, 0.25) is 0 Å². The van der Waals surface area contributed by atoms with Gasteiger partial charge < -0.3 is 15.8 Å². The third-order valence-corrected chi connectivity index (χ3v) is 5.12. The van der Waals surface area contributed by atoms with Crippen LogP contribution in [0, 0.1) is 0 Å². The van der Waals surface area contributed by atoms with Crippen LogP contribution in [0.4, 0.5) is 5.69 Å². The van der Waals surface area contributed by atoms with Crippen molar-refractivity contribution < 1.29 is 9.53 Å². The lowest BCUT2D eigenvalue weighted by Gasteiger charge is -2.29. The van der Waals surface area contributed by atoms with Crippen molar-refractivity contribution in [3.8, 4) is 0 Å². The summed E-state index contributed by atoms with van der Waals surface area (Å²) in [4.78, 5) is 12.6. The molecular formula is C19H29ClN2O2. The Morgan fingerprint density at radius 1 is 1.29 bits per heavy atom. The zero-order chi connectivity index (χ0) is 16.2. The first kappa shape index (κ1) is 19.1. The highest BCUT2D eigenvalue weighted by atomic mass is 35.5. The highest BCUT2D eigenvalue weighted by molar-refractivity contribution is 5.85. The molecule has 2 aliphatic rings. The molecular weight excluding hydrogens is 324 g/mol. The Hall–Kier alpha value is -1.26. The van der Waals surface area contributed by atoms with Gasteiger partial charge in [-0.1, -0.05) is 25.8 Å². The first-order chi connectivity index (χ1) is 11.2. The summed E-state index contributed by atoms with van der Waals surface area (Å²) in [5.41, 5.74) is 9.17. The Morgan fingerprint density at radius 2 is 2.04 bits per heavy atom. The van der Waals surface area contributed by atoms with Crippen LogP contribution in [0.15, 0.2) is 18.2 Å². The van der Waals surface area contributed by atoms with Gasteiger partial charge in [-0.15, -0.1) is 12.4 Å². The number of nitrogens with one attached hydrogen (secondary N) is 1. The van der Waals surface area contributed by atoms with Crippen molar-refractivity contribution in [1.82, 2.24) is 5.32 Å². The Labute approximate surface area is 150 Å². The Balaban J connectivity index is 0.00000208. The van der Waals surface area contributed by atoms with Crippen molar-refractivity contribution in [2.24, 2.45) is 0 Å². The largest absolute Gasteiger partial charge is 0.399 e. The van der Waals surface area contributed by atoms with E-state index >= 15 is 0 Å². The Bertz CT molecular complexity index is 558. The molecule has 3 rings (SSSR count). The predicted octanol–water partition coefficient (Wildman–Crippen LogP) is 3.92. The number of benzene rings is 1. The van der Waals surface area contributed by atoms with Gasteiger partial charge in [-0.3, -0.25) is 4.79 Å². The maximum atomic E-state index is 12.6. The molecule has 1 amide bonds. The molecule has 1 aromatic rings. The van der Waals surface area contributed by atoms with E-state index in [4.69, 9.17) is 10.5 Å². The molecule has 134 valence electrons. The van der Waals surface area contributed by atoms with E-state index in [0.717, 1.165) is 44.2 Å². The summed E-state index contributed by atoms with van der Waals surface area (Å²) in [6.45, 7) is 2.02. The Morgan fingerprint density at radius 3 is 2.75 bits per heavy atom. The molecule has 24 heavy (non-hydrogen) atoms. The standard InChI is InChI=1S/C19H28N2O2.ClH/c1-2-18(23-15-7-3-4-8-15)19(22)21-17-9-5-6-13-12-14(20)10-11-16(13)17;/h10-12,15,17-18H,2-9,20H2,1H3,(H,21,22);1H. The monoisotopic (exact) mass is 352 g/mol. The predicted molar refractivity (Wildman–Crippen MR) is 99.3 cm³/mol. The number of aryl methyl sites for hydroxylation is 1. The van der Waals surface area contributed by atoms with E-state index in [1.165, 1.54) is 24.0 Å². The summed E-state index contributed by atoms with van der Waals surface area (Å²) >= 11 is 0. The number of carbonyl (C=O) groups excluding carboxylic acids is 1. The molecule has 1 aromatic carbocycles. The number of hydrogen-bond donors (Lipinski definition) is 2. The van der Waals surface area contributed by atoms with Crippen molar-refractivity contribution in [2.75, 3.05) is 5.73 Å². The van der Waals surface area contributed by atoms with Gasteiger partial charge in [0.25, 0.3) is 0 Å². The van der Waals surface area contributed by atoms with Gasteiger partial charge in [0.2, 0.25) is 5.91 Å². The molecule has 0 bridgehead atoms. The van der Waals surface area contributed by atoms with Crippen molar-refractivity contribution in [2.45, 2.75) is 76.5 Å². The zero-order valence-electron chi connectivity index (χ0n) is 14.4. The minimum absolute atomic E-state index is 0. The normalized spacial score (nSPS) is 21.6. The van der Waals surface area contributed by atoms with Crippen LogP contribution < -0.4 is 11.1 Å². The smallest absolute Gasteiger partial charge is 0.249 e. The quantitative estimate of drug-likeness (QED) is 0.789. The maximum Gasteiger partial charge on any atom is 0.249 e. The molecule has 1 fully saturated rings. The van der Waals surface area contributed by atoms with Crippen molar-refractivity contribution in [3.05, 3.63) is 29.3 Å². The van der Waals surface area contributed by atoms with Gasteiger partial charge in [0.1, 0.15) is 6.10 Å². The van der Waals surface area contributed by atoms with Crippen LogP contribution in [-0.4, -0.2) is 18.1 Å². The van der Waals surface area contributed by atoms with E-state index in [1.807, 2.05) is 19.1 Å². The van der Waals surface area contributed by atoms with Gasteiger partial charge in [0, 0.05) is 5.69 Å². The van der Waals surface area contributed by atoms with Gasteiger partial charge in [-0.25, -0.2) is 0 Å². The fraction of sp³-hybridized carbons (Fsp3) is 0.632. The summed E-state index contributed by atoms with van der Waals surface area (Å²) < 4.78 is 6.04. The first-order valence-corrected chi connectivity index (χ1v) is 9.01. The summed E-state index contributed by atoms with van der Waals surface area (Å²) in [5.74, 6) is 0.0362. The van der Waals surface area contributed by atoms with E-state index in [-0.39, 0.29) is 36.6 Å². The minimum atomic E-state index is -0.322. The van der Waals surface area contributed by atoms with Crippen LogP contribution >= 0.6 is 12.4 Å². The van der Waals surface area contributed by atoms with Gasteiger partial charge in [0.05, 0.1) is 12.1 Å². The van der Waals surface area contributed by atoms with E-state index < -0.39 is 0 Å². The molecule has 4 nitrogen and oxygen atoms in total. The molecule has 0 spiro atoms. The molecule has 0 aromatic heterocycles. The third-order valence-electron chi connectivity index (χ3n) is 5.12. The topological polar surface area (TPSA) is 64.3 Å². The molecule has 0 radical (unpaired) electrons. The van der Waals surface area contributed by atoms with E-state index in [9.17, 15) is 4.79 Å². The van der Waals surface area contributed by atoms with E-state index in [1.54, 1.807) is 0 Å². The van der Waals surface area contributed by atoms with Crippen LogP contribution in [-0.2, 0) is 16.0 Å². The zero-order valence-corrected chi connectivity index (χ0v) is 15.2. The number of nitrogens with two attached hydrogens (primary N) is 1. The van der Waals surface area contributed by atoms with Gasteiger partial charge in [-0.2, -0.15) is 0 Å². The molecule has 1 saturated carbocycles. The van der Waals surface area contributed by atoms with Gasteiger partial charge >= 0.3 is 0 Å². The number of halogens is 1. The van der Waals surface area contributed by atoms with Crippen LogP contribution in [0.3, 0.4) is 0 Å². The van der Waals surface area contributed by atoms with Crippen LogP contribution in [0.1, 0.15) is 69.0 Å². The number of fused-ring (bicyclic) bond motifs is 1. The number of ether oxygens (including phenoxy) is 1. The molecule has 3 N–H and O–H groups in total. The highest BCUT2D eigenvalue weighted by Crippen LogP contribution is 2.31. The highest BCUT2D eigenvalue weighted by Gasteiger charge is 2.28. The maximum absolute atomic E-state index is 12.6. The van der Waals surface area contributed by atoms with Crippen molar-refractivity contribution in [1.29, 1.82) is 0 Å². The summed E-state index contributed by atoms with van der Waals surface area (Å²) in [7, 11) is 0.